The third-order valence-electron chi connectivity index (χ3n) is 4.83. The van der Waals surface area contributed by atoms with Crippen molar-refractivity contribution in [2.24, 2.45) is 5.92 Å². The molecule has 1 aliphatic rings. The lowest BCUT2D eigenvalue weighted by Crippen LogP contribution is -2.30. The molecule has 0 spiro atoms. The van der Waals surface area contributed by atoms with Crippen molar-refractivity contribution in [1.82, 2.24) is 0 Å². The maximum absolute atomic E-state index is 12.5. The van der Waals surface area contributed by atoms with Crippen LogP contribution in [-0.2, 0) is 14.3 Å². The molecule has 1 saturated heterocycles. The Bertz CT molecular complexity index is 952. The van der Waals surface area contributed by atoms with Gasteiger partial charge in [-0.15, -0.1) is 0 Å². The van der Waals surface area contributed by atoms with Gasteiger partial charge in [0.2, 0.25) is 11.7 Å². The number of nitro groups is 1. The smallest absolute Gasteiger partial charge is 0.312 e. The molecule has 0 aromatic heterocycles. The lowest BCUT2D eigenvalue weighted by Gasteiger charge is -2.17. The average Bonchev–Trinajstić information content (AvgIpc) is 3.10. The highest BCUT2D eigenvalue weighted by atomic mass is 16.6. The van der Waals surface area contributed by atoms with E-state index in [1.807, 2.05) is 6.92 Å². The summed E-state index contributed by atoms with van der Waals surface area (Å²) in [5, 5.41) is 10.8. The Hall–Kier alpha value is -3.55. The fourth-order valence-electron chi connectivity index (χ4n) is 3.15. The number of esters is 1. The Labute approximate surface area is 167 Å². The van der Waals surface area contributed by atoms with Gasteiger partial charge in [0.25, 0.3) is 5.69 Å². The topological polar surface area (TPSA) is 107 Å². The van der Waals surface area contributed by atoms with Crippen LogP contribution in [0.1, 0.15) is 29.3 Å². The first kappa shape index (κ1) is 20.2. The quantitative estimate of drug-likeness (QED) is 0.321. The van der Waals surface area contributed by atoms with E-state index in [2.05, 4.69) is 0 Å². The highest BCUT2D eigenvalue weighted by Crippen LogP contribution is 2.27. The van der Waals surface area contributed by atoms with Gasteiger partial charge in [-0.2, -0.15) is 0 Å². The highest BCUT2D eigenvalue weighted by Gasteiger charge is 2.37. The van der Waals surface area contributed by atoms with Crippen LogP contribution in [0.3, 0.4) is 0 Å². The summed E-state index contributed by atoms with van der Waals surface area (Å²) in [7, 11) is 0. The zero-order valence-corrected chi connectivity index (χ0v) is 16.0. The minimum Gasteiger partial charge on any atom is -0.454 e. The van der Waals surface area contributed by atoms with Gasteiger partial charge in [0, 0.05) is 36.3 Å². The van der Waals surface area contributed by atoms with Crippen LogP contribution in [0.2, 0.25) is 0 Å². The molecule has 2 aromatic rings. The first-order chi connectivity index (χ1) is 13.8. The number of rotatable bonds is 6. The molecular weight excluding hydrogens is 376 g/mol. The molecule has 1 fully saturated rings. The van der Waals surface area contributed by atoms with E-state index < -0.39 is 22.9 Å². The number of carbonyl (C=O) groups excluding carboxylic acids is 3. The Morgan fingerprint density at radius 3 is 2.34 bits per heavy atom. The van der Waals surface area contributed by atoms with Gasteiger partial charge in [0.15, 0.2) is 6.10 Å². The lowest BCUT2D eigenvalue weighted by molar-refractivity contribution is -0.384. The molecule has 0 aliphatic carbocycles. The van der Waals surface area contributed by atoms with Crippen LogP contribution in [0.25, 0.3) is 0 Å². The minimum absolute atomic E-state index is 0.0404. The van der Waals surface area contributed by atoms with Crippen LogP contribution in [0.5, 0.6) is 0 Å². The molecule has 2 aromatic carbocycles. The Kier molecular flexibility index (Phi) is 5.72. The molecule has 0 bridgehead atoms. The van der Waals surface area contributed by atoms with E-state index in [1.165, 1.54) is 36.1 Å². The molecule has 29 heavy (non-hydrogen) atoms. The monoisotopic (exact) mass is 396 g/mol. The normalized spacial score (nSPS) is 17.1. The van der Waals surface area contributed by atoms with E-state index in [4.69, 9.17) is 4.74 Å². The summed E-state index contributed by atoms with van der Waals surface area (Å²) in [6.45, 7) is 3.51. The Balaban J connectivity index is 1.63. The van der Waals surface area contributed by atoms with Crippen LogP contribution in [-0.4, -0.2) is 35.2 Å². The van der Waals surface area contributed by atoms with Crippen molar-refractivity contribution in [3.63, 3.8) is 0 Å². The van der Waals surface area contributed by atoms with Crippen molar-refractivity contribution < 1.29 is 24.0 Å². The van der Waals surface area contributed by atoms with Crippen LogP contribution < -0.4 is 4.90 Å². The second-order valence-corrected chi connectivity index (χ2v) is 6.99. The van der Waals surface area contributed by atoms with E-state index in [0.717, 1.165) is 5.56 Å². The van der Waals surface area contributed by atoms with Crippen molar-refractivity contribution in [2.45, 2.75) is 26.4 Å². The van der Waals surface area contributed by atoms with Crippen molar-refractivity contribution in [1.29, 1.82) is 0 Å². The SMILES string of the molecule is Cc1ccc(C(=O)[C@@H](C)OC(=O)[C@H]2CC(=O)N(c3ccc([N+](=O)[O-])cc3)C2)cc1. The summed E-state index contributed by atoms with van der Waals surface area (Å²) >= 11 is 0. The molecule has 2 atom stereocenters. The molecule has 8 heteroatoms. The maximum atomic E-state index is 12.5. The van der Waals surface area contributed by atoms with Crippen molar-refractivity contribution >= 4 is 29.0 Å². The number of Topliss-reactive ketones (excluding diaryl/α,β-unsaturated/α-hetero) is 1. The van der Waals surface area contributed by atoms with Crippen molar-refractivity contribution in [3.05, 3.63) is 69.8 Å². The summed E-state index contributed by atoms with van der Waals surface area (Å²) in [6.07, 6.45) is -1.00. The van der Waals surface area contributed by atoms with E-state index in [9.17, 15) is 24.5 Å². The Morgan fingerprint density at radius 1 is 1.14 bits per heavy atom. The number of benzene rings is 2. The standard InChI is InChI=1S/C21H20N2O6/c1-13-3-5-15(6-4-13)20(25)14(2)29-21(26)16-11-19(24)22(12-16)17-7-9-18(10-8-17)23(27)28/h3-10,14,16H,11-12H2,1-2H3/t14-,16+/m1/s1. The molecule has 0 N–H and O–H groups in total. The summed E-state index contributed by atoms with van der Waals surface area (Å²) < 4.78 is 5.31. The number of hydrogen-bond donors (Lipinski definition) is 0. The average molecular weight is 396 g/mol. The Morgan fingerprint density at radius 2 is 1.76 bits per heavy atom. The van der Waals surface area contributed by atoms with Gasteiger partial charge in [0.05, 0.1) is 10.8 Å². The molecule has 1 aliphatic heterocycles. The van der Waals surface area contributed by atoms with Crippen LogP contribution >= 0.6 is 0 Å². The third-order valence-corrected chi connectivity index (χ3v) is 4.83. The zero-order valence-electron chi connectivity index (χ0n) is 16.0. The first-order valence-corrected chi connectivity index (χ1v) is 9.12. The van der Waals surface area contributed by atoms with E-state index in [0.29, 0.717) is 11.3 Å². The summed E-state index contributed by atoms with van der Waals surface area (Å²) in [5.74, 6) is -1.91. The lowest BCUT2D eigenvalue weighted by atomic mass is 10.1. The molecule has 150 valence electrons. The van der Waals surface area contributed by atoms with Gasteiger partial charge in [-0.25, -0.2) is 0 Å². The molecule has 0 radical (unpaired) electrons. The summed E-state index contributed by atoms with van der Waals surface area (Å²) in [5.41, 5.74) is 1.85. The van der Waals surface area contributed by atoms with Gasteiger partial charge >= 0.3 is 5.97 Å². The first-order valence-electron chi connectivity index (χ1n) is 9.12. The van der Waals surface area contributed by atoms with E-state index in [-0.39, 0.29) is 30.3 Å². The van der Waals surface area contributed by atoms with Crippen LogP contribution in [0.4, 0.5) is 11.4 Å². The third kappa shape index (κ3) is 4.48. The van der Waals surface area contributed by atoms with Gasteiger partial charge in [0.1, 0.15) is 0 Å². The summed E-state index contributed by atoms with van der Waals surface area (Å²) in [6, 6.07) is 12.5. The number of ketones is 1. The number of anilines is 1. The van der Waals surface area contributed by atoms with Crippen molar-refractivity contribution in [3.8, 4) is 0 Å². The number of ether oxygens (including phenoxy) is 1. The van der Waals surface area contributed by atoms with Crippen molar-refractivity contribution in [2.75, 3.05) is 11.4 Å². The second-order valence-electron chi connectivity index (χ2n) is 6.99. The maximum Gasteiger partial charge on any atom is 0.312 e. The van der Waals surface area contributed by atoms with Crippen LogP contribution in [0.15, 0.2) is 48.5 Å². The van der Waals surface area contributed by atoms with Gasteiger partial charge in [-0.1, -0.05) is 29.8 Å². The molecule has 1 amide bonds. The predicted octanol–water partition coefficient (Wildman–Crippen LogP) is 3.07. The number of hydrogen-bond acceptors (Lipinski definition) is 6. The molecule has 0 saturated carbocycles. The minimum atomic E-state index is -0.964. The number of carbonyl (C=O) groups is 3. The molecule has 8 nitrogen and oxygen atoms in total. The van der Waals surface area contributed by atoms with Gasteiger partial charge < -0.3 is 9.64 Å². The number of aryl methyl sites for hydroxylation is 1. The number of nitrogens with zero attached hydrogens (tertiary/aromatic N) is 2. The molecular formula is C21H20N2O6. The van der Waals surface area contributed by atoms with Crippen LogP contribution in [0, 0.1) is 23.0 Å². The number of nitro benzene ring substituents is 1. The fraction of sp³-hybridized carbons (Fsp3) is 0.286. The molecule has 1 heterocycles. The summed E-state index contributed by atoms with van der Waals surface area (Å²) in [4.78, 5) is 48.8. The zero-order chi connectivity index (χ0) is 21.1. The van der Waals surface area contributed by atoms with Gasteiger partial charge in [-0.05, 0) is 26.0 Å². The number of amides is 1. The molecule has 0 unspecified atom stereocenters. The van der Waals surface area contributed by atoms with Gasteiger partial charge in [-0.3, -0.25) is 24.5 Å². The van der Waals surface area contributed by atoms with E-state index >= 15 is 0 Å². The van der Waals surface area contributed by atoms with E-state index in [1.54, 1.807) is 24.3 Å². The number of non-ortho nitro benzene ring substituents is 1. The fourth-order valence-corrected chi connectivity index (χ4v) is 3.15. The second kappa shape index (κ2) is 8.22. The predicted molar refractivity (Wildman–Crippen MR) is 105 cm³/mol. The largest absolute Gasteiger partial charge is 0.454 e. The molecule has 3 rings (SSSR count). The highest BCUT2D eigenvalue weighted by molar-refractivity contribution is 6.02.